The van der Waals surface area contributed by atoms with Crippen LogP contribution in [-0.2, 0) is 14.1 Å². The van der Waals surface area contributed by atoms with E-state index < -0.39 is 54.6 Å². The highest BCUT2D eigenvalue weighted by atomic mass is 35.5. The van der Waals surface area contributed by atoms with Crippen LogP contribution in [0.3, 0.4) is 0 Å². The zero-order valence-corrected chi connectivity index (χ0v) is 19.4. The molecule has 2 aromatic rings. The highest BCUT2D eigenvalue weighted by Crippen LogP contribution is 2.47. The lowest BCUT2D eigenvalue weighted by molar-refractivity contribution is -0.152. The lowest BCUT2D eigenvalue weighted by Crippen LogP contribution is -2.38. The fourth-order valence-corrected chi connectivity index (χ4v) is 4.88. The molecule has 0 radical (unpaired) electrons. The minimum Gasteiger partial charge on any atom is -0.461 e. The lowest BCUT2D eigenvalue weighted by atomic mass is 9.98. The number of esters is 1. The summed E-state index contributed by atoms with van der Waals surface area (Å²) in [4.78, 5) is 12.5. The van der Waals surface area contributed by atoms with E-state index in [2.05, 4.69) is 5.09 Å². The van der Waals surface area contributed by atoms with Gasteiger partial charge in [-0.1, -0.05) is 18.0 Å². The first-order chi connectivity index (χ1) is 16.0. The van der Waals surface area contributed by atoms with Crippen molar-refractivity contribution in [3.63, 3.8) is 0 Å². The van der Waals surface area contributed by atoms with Gasteiger partial charge in [0.1, 0.15) is 17.9 Å². The van der Waals surface area contributed by atoms with Crippen molar-refractivity contribution in [2.24, 2.45) is 0 Å². The summed E-state index contributed by atoms with van der Waals surface area (Å²) in [5, 5.41) is 2.40. The number of halogens is 6. The molecule has 0 amide bonds. The van der Waals surface area contributed by atoms with Crippen molar-refractivity contribution in [1.82, 2.24) is 5.09 Å². The molecule has 2 aromatic carbocycles. The minimum absolute atomic E-state index is 0.197. The molecule has 3 rings (SSSR count). The zero-order chi connectivity index (χ0) is 25.0. The van der Waals surface area contributed by atoms with Crippen LogP contribution in [0.4, 0.5) is 22.0 Å². The van der Waals surface area contributed by atoms with Crippen LogP contribution in [0, 0.1) is 29.1 Å². The Hall–Kier alpha value is -2.36. The van der Waals surface area contributed by atoms with Gasteiger partial charge in [-0.3, -0.25) is 4.79 Å². The van der Waals surface area contributed by atoms with Gasteiger partial charge in [0.05, 0.1) is 0 Å². The van der Waals surface area contributed by atoms with E-state index in [1.165, 1.54) is 31.2 Å². The smallest absolute Gasteiger partial charge is 0.461 e. The summed E-state index contributed by atoms with van der Waals surface area (Å²) >= 11 is 5.77. The van der Waals surface area contributed by atoms with Gasteiger partial charge in [0.15, 0.2) is 0 Å². The molecule has 0 bridgehead atoms. The summed E-state index contributed by atoms with van der Waals surface area (Å²) in [6.07, 6.45) is 3.64. The molecule has 1 fully saturated rings. The van der Waals surface area contributed by atoms with Gasteiger partial charge in [-0.15, -0.1) is 0 Å². The number of hydrogen-bond donors (Lipinski definition) is 1. The van der Waals surface area contributed by atoms with E-state index in [4.69, 9.17) is 25.4 Å². The van der Waals surface area contributed by atoms with Crippen molar-refractivity contribution < 1.29 is 45.1 Å². The number of carbonyl (C=O) groups is 1. The van der Waals surface area contributed by atoms with Gasteiger partial charge in [0, 0.05) is 5.02 Å². The summed E-state index contributed by atoms with van der Waals surface area (Å²) in [5.41, 5.74) is 0. The predicted molar refractivity (Wildman–Crippen MR) is 112 cm³/mol. The largest absolute Gasteiger partial charge is 0.513 e. The molecule has 0 spiro atoms. The molecule has 6 nitrogen and oxygen atoms in total. The highest BCUT2D eigenvalue weighted by molar-refractivity contribution is 7.52. The SMILES string of the molecule is CC(NP(=O)(Oc1ccc(Cl)cc1)Oc1c(F)c(F)c(F)c(F)c1F)C(=O)OC1CCCCC1. The third kappa shape index (κ3) is 6.20. The van der Waals surface area contributed by atoms with E-state index in [-0.39, 0.29) is 16.9 Å². The molecule has 0 aromatic heterocycles. The molecule has 1 aliphatic rings. The number of hydrogen-bond acceptors (Lipinski definition) is 5. The van der Waals surface area contributed by atoms with Crippen LogP contribution in [0.2, 0.25) is 5.02 Å². The van der Waals surface area contributed by atoms with Crippen LogP contribution in [-0.4, -0.2) is 18.1 Å². The van der Waals surface area contributed by atoms with Crippen molar-refractivity contribution in [3.8, 4) is 11.5 Å². The molecule has 1 N–H and O–H groups in total. The average Bonchev–Trinajstić information content (AvgIpc) is 2.81. The maximum atomic E-state index is 14.2. The third-order valence-corrected chi connectivity index (χ3v) is 6.79. The van der Waals surface area contributed by atoms with Crippen molar-refractivity contribution in [3.05, 3.63) is 58.4 Å². The van der Waals surface area contributed by atoms with Crippen LogP contribution in [0.15, 0.2) is 24.3 Å². The van der Waals surface area contributed by atoms with Crippen LogP contribution in [0.5, 0.6) is 11.5 Å². The molecule has 186 valence electrons. The monoisotopic (exact) mass is 527 g/mol. The topological polar surface area (TPSA) is 73.9 Å². The van der Waals surface area contributed by atoms with Crippen molar-refractivity contribution in [2.75, 3.05) is 0 Å². The second-order valence-corrected chi connectivity index (χ2v) is 9.64. The van der Waals surface area contributed by atoms with Gasteiger partial charge in [-0.05, 0) is 56.9 Å². The van der Waals surface area contributed by atoms with E-state index in [0.717, 1.165) is 19.3 Å². The van der Waals surface area contributed by atoms with Crippen LogP contribution >= 0.6 is 19.3 Å². The van der Waals surface area contributed by atoms with Crippen LogP contribution in [0.25, 0.3) is 0 Å². The molecule has 0 heterocycles. The zero-order valence-electron chi connectivity index (χ0n) is 17.8. The summed E-state index contributed by atoms with van der Waals surface area (Å²) in [6, 6.07) is 3.66. The Morgan fingerprint density at radius 3 is 2.03 bits per heavy atom. The van der Waals surface area contributed by atoms with Gasteiger partial charge < -0.3 is 13.8 Å². The Balaban J connectivity index is 1.89. The van der Waals surface area contributed by atoms with Gasteiger partial charge in [0.25, 0.3) is 0 Å². The molecule has 1 aliphatic carbocycles. The molecular weight excluding hydrogens is 508 g/mol. The molecular formula is C21H20ClF5NO5P. The second-order valence-electron chi connectivity index (χ2n) is 7.58. The summed E-state index contributed by atoms with van der Waals surface area (Å²) in [5.74, 6) is -14.7. The fraction of sp³-hybridized carbons (Fsp3) is 0.381. The van der Waals surface area contributed by atoms with Crippen LogP contribution in [0.1, 0.15) is 39.0 Å². The number of carbonyl (C=O) groups excluding carboxylic acids is 1. The minimum atomic E-state index is -4.98. The summed E-state index contributed by atoms with van der Waals surface area (Å²) < 4.78 is 97.6. The van der Waals surface area contributed by atoms with Gasteiger partial charge in [0.2, 0.25) is 34.8 Å². The second kappa shape index (κ2) is 10.9. The van der Waals surface area contributed by atoms with E-state index in [0.29, 0.717) is 12.8 Å². The molecule has 2 atom stereocenters. The maximum Gasteiger partial charge on any atom is 0.513 e. The number of benzene rings is 2. The Morgan fingerprint density at radius 1 is 0.941 bits per heavy atom. The van der Waals surface area contributed by atoms with Crippen molar-refractivity contribution >= 4 is 25.3 Å². The lowest BCUT2D eigenvalue weighted by Gasteiger charge is -2.26. The third-order valence-electron chi connectivity index (χ3n) is 4.96. The van der Waals surface area contributed by atoms with E-state index in [1.54, 1.807) is 0 Å². The normalized spacial score (nSPS) is 17.0. The van der Waals surface area contributed by atoms with Crippen LogP contribution < -0.4 is 14.1 Å². The molecule has 34 heavy (non-hydrogen) atoms. The Morgan fingerprint density at radius 2 is 1.47 bits per heavy atom. The first kappa shape index (κ1) is 26.2. The Labute approximate surface area is 196 Å². The predicted octanol–water partition coefficient (Wildman–Crippen LogP) is 6.46. The first-order valence-corrected chi connectivity index (χ1v) is 12.2. The Kier molecular flexibility index (Phi) is 8.43. The van der Waals surface area contributed by atoms with E-state index in [9.17, 15) is 31.3 Å². The number of rotatable bonds is 8. The van der Waals surface area contributed by atoms with Crippen molar-refractivity contribution in [2.45, 2.75) is 51.2 Å². The van der Waals surface area contributed by atoms with Gasteiger partial charge in [-0.2, -0.15) is 13.9 Å². The molecule has 13 heteroatoms. The number of ether oxygens (including phenoxy) is 1. The first-order valence-electron chi connectivity index (χ1n) is 10.2. The van der Waals surface area contributed by atoms with E-state index in [1.807, 2.05) is 0 Å². The molecule has 1 saturated carbocycles. The van der Waals surface area contributed by atoms with E-state index >= 15 is 0 Å². The Bertz CT molecular complexity index is 1070. The maximum absolute atomic E-state index is 14.2. The summed E-state index contributed by atoms with van der Waals surface area (Å²) in [7, 11) is -4.98. The molecule has 2 unspecified atom stereocenters. The average molecular weight is 528 g/mol. The number of nitrogens with one attached hydrogen (secondary N) is 1. The van der Waals surface area contributed by atoms with Crippen molar-refractivity contribution in [1.29, 1.82) is 0 Å². The van der Waals surface area contributed by atoms with Gasteiger partial charge >= 0.3 is 13.7 Å². The standard InChI is InChI=1S/C21H20ClF5NO5P/c1-11(21(29)31-13-5-3-2-4-6-13)28-34(30,32-14-9-7-12(22)8-10-14)33-20-18(26)16(24)15(23)17(25)19(20)27/h7-11,13H,2-6H2,1H3,(H,28,30). The highest BCUT2D eigenvalue weighted by Gasteiger charge is 2.38. The molecule has 0 aliphatic heterocycles. The quantitative estimate of drug-likeness (QED) is 0.140. The van der Waals surface area contributed by atoms with Gasteiger partial charge in [-0.25, -0.2) is 17.7 Å². The fourth-order valence-electron chi connectivity index (χ4n) is 3.23. The molecule has 0 saturated heterocycles. The summed E-state index contributed by atoms with van der Waals surface area (Å²) in [6.45, 7) is 1.21.